The van der Waals surface area contributed by atoms with E-state index in [4.69, 9.17) is 4.74 Å². The summed E-state index contributed by atoms with van der Waals surface area (Å²) in [5, 5.41) is 13.3. The molecule has 1 aliphatic heterocycles. The van der Waals surface area contributed by atoms with Crippen LogP contribution in [0.2, 0.25) is 0 Å². The number of carbonyl (C=O) groups is 2. The zero-order valence-electron chi connectivity index (χ0n) is 18.8. The van der Waals surface area contributed by atoms with Crippen molar-refractivity contribution in [2.45, 2.75) is 39.3 Å². The number of aliphatic hydroxyl groups is 1. The molecule has 170 valence electrons. The number of Topliss-reactive ketones (excluding diaryl/α,β-unsaturated/α-hetero) is 1. The molecular formula is C26H26N2O4S. The van der Waals surface area contributed by atoms with Crippen molar-refractivity contribution in [1.82, 2.24) is 9.88 Å². The molecule has 0 bridgehead atoms. The Hall–Kier alpha value is -3.45. The number of ketones is 1. The van der Waals surface area contributed by atoms with Gasteiger partial charge in [-0.1, -0.05) is 26.0 Å². The molecule has 33 heavy (non-hydrogen) atoms. The quantitative estimate of drug-likeness (QED) is 0.293. The molecule has 0 radical (unpaired) electrons. The van der Waals surface area contributed by atoms with Gasteiger partial charge in [-0.3, -0.25) is 14.6 Å². The van der Waals surface area contributed by atoms with Gasteiger partial charge in [-0.2, -0.15) is 0 Å². The molecular weight excluding hydrogens is 436 g/mol. The first-order valence-corrected chi connectivity index (χ1v) is 11.8. The van der Waals surface area contributed by atoms with Gasteiger partial charge >= 0.3 is 0 Å². The number of benzene rings is 1. The van der Waals surface area contributed by atoms with Gasteiger partial charge in [-0.25, -0.2) is 0 Å². The van der Waals surface area contributed by atoms with E-state index in [9.17, 15) is 14.7 Å². The molecule has 2 aromatic heterocycles. The van der Waals surface area contributed by atoms with E-state index in [0.29, 0.717) is 17.7 Å². The van der Waals surface area contributed by atoms with E-state index in [1.807, 2.05) is 50.4 Å². The maximum Gasteiger partial charge on any atom is 0.295 e. The predicted octanol–water partition coefficient (Wildman–Crippen LogP) is 5.29. The summed E-state index contributed by atoms with van der Waals surface area (Å²) in [6.07, 6.45) is 3.26. The van der Waals surface area contributed by atoms with Crippen molar-refractivity contribution in [2.24, 2.45) is 0 Å². The lowest BCUT2D eigenvalue weighted by Crippen LogP contribution is -2.28. The Morgan fingerprint density at radius 1 is 1.21 bits per heavy atom. The van der Waals surface area contributed by atoms with Gasteiger partial charge in [0.15, 0.2) is 0 Å². The molecule has 1 aromatic carbocycles. The van der Waals surface area contributed by atoms with Gasteiger partial charge in [0, 0.05) is 22.8 Å². The molecule has 0 spiro atoms. The summed E-state index contributed by atoms with van der Waals surface area (Å²) in [7, 11) is 0. The summed E-state index contributed by atoms with van der Waals surface area (Å²) in [6.45, 7) is 6.80. The number of thiophene rings is 1. The summed E-state index contributed by atoms with van der Waals surface area (Å²) in [6, 6.07) is 12.0. The van der Waals surface area contributed by atoms with Crippen LogP contribution in [0.15, 0.2) is 65.8 Å². The van der Waals surface area contributed by atoms with Crippen molar-refractivity contribution in [3.05, 3.63) is 87.4 Å². The third kappa shape index (κ3) is 4.41. The van der Waals surface area contributed by atoms with E-state index < -0.39 is 17.7 Å². The van der Waals surface area contributed by atoms with E-state index in [2.05, 4.69) is 4.98 Å². The van der Waals surface area contributed by atoms with Gasteiger partial charge < -0.3 is 14.7 Å². The highest BCUT2D eigenvalue weighted by atomic mass is 32.1. The van der Waals surface area contributed by atoms with Crippen molar-refractivity contribution in [1.29, 1.82) is 0 Å². The minimum atomic E-state index is -0.727. The Bertz CT molecular complexity index is 1190. The molecule has 6 nitrogen and oxygen atoms in total. The normalized spacial score (nSPS) is 17.7. The van der Waals surface area contributed by atoms with E-state index in [-0.39, 0.29) is 23.8 Å². The van der Waals surface area contributed by atoms with Gasteiger partial charge in [0.05, 0.1) is 24.8 Å². The number of hydrogen-bond donors (Lipinski definition) is 1. The molecule has 1 saturated heterocycles. The van der Waals surface area contributed by atoms with E-state index in [0.717, 1.165) is 16.2 Å². The van der Waals surface area contributed by atoms with Crippen LogP contribution < -0.4 is 4.74 Å². The summed E-state index contributed by atoms with van der Waals surface area (Å²) < 4.78 is 5.73. The second-order valence-electron chi connectivity index (χ2n) is 8.13. The molecule has 1 N–H and O–H groups in total. The van der Waals surface area contributed by atoms with Crippen LogP contribution in [0.3, 0.4) is 0 Å². The molecule has 1 unspecified atom stereocenters. The van der Waals surface area contributed by atoms with Crippen LogP contribution in [0.1, 0.15) is 54.3 Å². The first-order valence-electron chi connectivity index (χ1n) is 10.9. The average molecular weight is 463 g/mol. The summed E-state index contributed by atoms with van der Waals surface area (Å²) in [4.78, 5) is 32.9. The van der Waals surface area contributed by atoms with Crippen LogP contribution in [0.4, 0.5) is 0 Å². The van der Waals surface area contributed by atoms with Crippen LogP contribution >= 0.6 is 11.3 Å². The number of likely N-dealkylation sites (tertiary alicyclic amines) is 1. The van der Waals surface area contributed by atoms with Gasteiger partial charge in [0.25, 0.3) is 11.7 Å². The van der Waals surface area contributed by atoms with E-state index >= 15 is 0 Å². The number of amides is 1. The predicted molar refractivity (Wildman–Crippen MR) is 128 cm³/mol. The second-order valence-corrected chi connectivity index (χ2v) is 9.17. The van der Waals surface area contributed by atoms with Crippen LogP contribution in [-0.4, -0.2) is 33.3 Å². The number of hydrogen-bond acceptors (Lipinski definition) is 6. The van der Waals surface area contributed by atoms with Crippen molar-refractivity contribution >= 4 is 28.8 Å². The lowest BCUT2D eigenvalue weighted by molar-refractivity contribution is -0.140. The fourth-order valence-electron chi connectivity index (χ4n) is 4.09. The van der Waals surface area contributed by atoms with Crippen LogP contribution in [0.25, 0.3) is 5.76 Å². The molecule has 3 aromatic rings. The number of rotatable bonds is 7. The van der Waals surface area contributed by atoms with Gasteiger partial charge in [-0.05, 0) is 59.7 Å². The summed E-state index contributed by atoms with van der Waals surface area (Å²) >= 11 is 1.51. The Morgan fingerprint density at radius 2 is 2.03 bits per heavy atom. The lowest BCUT2D eigenvalue weighted by atomic mass is 9.93. The number of ether oxygens (including phenoxy) is 1. The fourth-order valence-corrected chi connectivity index (χ4v) is 4.79. The molecule has 3 heterocycles. The van der Waals surface area contributed by atoms with Gasteiger partial charge in [0.1, 0.15) is 11.5 Å². The van der Waals surface area contributed by atoms with Crippen LogP contribution in [-0.2, 0) is 16.1 Å². The van der Waals surface area contributed by atoms with Gasteiger partial charge in [-0.15, -0.1) is 11.3 Å². The highest BCUT2D eigenvalue weighted by Gasteiger charge is 2.46. The Morgan fingerprint density at radius 3 is 2.67 bits per heavy atom. The fraction of sp³-hybridized carbons (Fsp3) is 0.269. The topological polar surface area (TPSA) is 79.7 Å². The highest BCUT2D eigenvalue weighted by molar-refractivity contribution is 7.09. The van der Waals surface area contributed by atoms with Crippen LogP contribution in [0, 0.1) is 0 Å². The minimum absolute atomic E-state index is 0.0726. The zero-order chi connectivity index (χ0) is 23.5. The number of aliphatic hydroxyl groups excluding tert-OH is 1. The molecule has 0 aliphatic carbocycles. The van der Waals surface area contributed by atoms with E-state index in [1.165, 1.54) is 16.2 Å². The maximum absolute atomic E-state index is 13.2. The SMILES string of the molecule is CCOc1ccc(/C(O)=C2/C(=O)C(=O)N(Cc3cccs3)C2c2cccnc2)cc1C(C)C. The smallest absolute Gasteiger partial charge is 0.295 e. The summed E-state index contributed by atoms with van der Waals surface area (Å²) in [5.41, 5.74) is 2.14. The lowest BCUT2D eigenvalue weighted by Gasteiger charge is -2.24. The number of pyridine rings is 1. The van der Waals surface area contributed by atoms with Crippen LogP contribution in [0.5, 0.6) is 5.75 Å². The van der Waals surface area contributed by atoms with Crippen molar-refractivity contribution in [2.75, 3.05) is 6.61 Å². The second kappa shape index (κ2) is 9.58. The average Bonchev–Trinajstić information content (AvgIpc) is 3.42. The van der Waals surface area contributed by atoms with E-state index in [1.54, 1.807) is 30.6 Å². The van der Waals surface area contributed by atoms with Crippen molar-refractivity contribution < 1.29 is 19.4 Å². The first-order chi connectivity index (χ1) is 15.9. The minimum Gasteiger partial charge on any atom is -0.507 e. The standard InChI is InChI=1S/C26H26N2O4S/c1-4-32-21-10-9-17(13-20(21)16(2)3)24(29)22-23(18-7-5-11-27-14-18)28(26(31)25(22)30)15-19-8-6-12-33-19/h5-14,16,23,29H,4,15H2,1-3H3/b24-22-. The largest absolute Gasteiger partial charge is 0.507 e. The highest BCUT2D eigenvalue weighted by Crippen LogP contribution is 2.41. The Labute approximate surface area is 197 Å². The monoisotopic (exact) mass is 462 g/mol. The van der Waals surface area contributed by atoms with Crippen molar-refractivity contribution in [3.8, 4) is 5.75 Å². The third-order valence-electron chi connectivity index (χ3n) is 5.65. The summed E-state index contributed by atoms with van der Waals surface area (Å²) in [5.74, 6) is -0.631. The number of carbonyl (C=O) groups excluding carboxylic acids is 2. The number of aromatic nitrogens is 1. The maximum atomic E-state index is 13.2. The molecule has 1 atom stereocenters. The molecule has 4 rings (SSSR count). The molecule has 1 amide bonds. The Balaban J connectivity index is 1.85. The Kier molecular flexibility index (Phi) is 6.60. The zero-order valence-corrected chi connectivity index (χ0v) is 19.6. The molecule has 0 saturated carbocycles. The molecule has 1 fully saturated rings. The van der Waals surface area contributed by atoms with Crippen molar-refractivity contribution in [3.63, 3.8) is 0 Å². The molecule has 7 heteroatoms. The third-order valence-corrected chi connectivity index (χ3v) is 6.51. The first kappa shape index (κ1) is 22.7. The van der Waals surface area contributed by atoms with Gasteiger partial charge in [0.2, 0.25) is 0 Å². The molecule has 1 aliphatic rings. The number of nitrogens with zero attached hydrogens (tertiary/aromatic N) is 2.